The normalized spacial score (nSPS) is 36.1. The van der Waals surface area contributed by atoms with E-state index in [1.807, 2.05) is 13.0 Å². The standard InChI is InChI=1S/C36H51NO6/c1-10-40-30(38)42-26-20-25-24(22(3)29(26)43-31(39)41-11-2)12-13-27-34(25,7)17-19-36(9)28-21-33(6,23(4)37)15-14-32(28,5)16-18-35(27,36)8/h13,20,28H,4,10-12,14-19,21,37H2,1-3,5-9H3/t28-,32-,33-,34+,35-,36+/m1/s1. The zero-order valence-electron chi connectivity index (χ0n) is 27.5. The van der Waals surface area contributed by atoms with Gasteiger partial charge in [0.1, 0.15) is 0 Å². The Balaban J connectivity index is 1.60. The Labute approximate surface area is 257 Å². The Morgan fingerprint density at radius 2 is 1.56 bits per heavy atom. The van der Waals surface area contributed by atoms with Crippen molar-refractivity contribution in [2.75, 3.05) is 13.2 Å². The molecule has 0 aromatic heterocycles. The Morgan fingerprint density at radius 3 is 2.19 bits per heavy atom. The fourth-order valence-corrected chi connectivity index (χ4v) is 9.64. The summed E-state index contributed by atoms with van der Waals surface area (Å²) < 4.78 is 21.5. The molecule has 7 heteroatoms. The van der Waals surface area contributed by atoms with Crippen LogP contribution in [-0.4, -0.2) is 25.5 Å². The molecule has 0 unspecified atom stereocenters. The minimum absolute atomic E-state index is 0.00772. The lowest BCUT2D eigenvalue weighted by molar-refractivity contribution is -0.154. The summed E-state index contributed by atoms with van der Waals surface area (Å²) in [6.45, 7) is 22.2. The molecule has 0 aliphatic heterocycles. The smallest absolute Gasteiger partial charge is 0.434 e. The molecular weight excluding hydrogens is 542 g/mol. The van der Waals surface area contributed by atoms with Crippen LogP contribution >= 0.6 is 0 Å². The van der Waals surface area contributed by atoms with E-state index in [9.17, 15) is 9.59 Å². The number of allylic oxidation sites excluding steroid dienone is 3. The van der Waals surface area contributed by atoms with E-state index in [2.05, 4.69) is 47.3 Å². The third-order valence-corrected chi connectivity index (χ3v) is 12.7. The summed E-state index contributed by atoms with van der Waals surface area (Å²) >= 11 is 0. The molecule has 0 saturated heterocycles. The number of carbonyl (C=O) groups excluding carboxylic acids is 2. The zero-order chi connectivity index (χ0) is 31.6. The van der Waals surface area contributed by atoms with E-state index in [0.29, 0.717) is 11.3 Å². The van der Waals surface area contributed by atoms with Crippen LogP contribution in [0.5, 0.6) is 11.5 Å². The van der Waals surface area contributed by atoms with E-state index in [4.69, 9.17) is 24.7 Å². The van der Waals surface area contributed by atoms with Crippen LogP contribution in [0.15, 0.2) is 30.0 Å². The molecule has 43 heavy (non-hydrogen) atoms. The summed E-state index contributed by atoms with van der Waals surface area (Å²) in [5.74, 6) is 0.924. The highest BCUT2D eigenvalue weighted by Crippen LogP contribution is 2.75. The van der Waals surface area contributed by atoms with Gasteiger partial charge in [0, 0.05) is 16.5 Å². The van der Waals surface area contributed by atoms with Crippen LogP contribution in [0, 0.1) is 34.5 Å². The van der Waals surface area contributed by atoms with Crippen molar-refractivity contribution >= 4 is 12.3 Å². The van der Waals surface area contributed by atoms with Gasteiger partial charge in [0.05, 0.1) is 13.2 Å². The minimum Gasteiger partial charge on any atom is -0.434 e. The van der Waals surface area contributed by atoms with Crippen molar-refractivity contribution in [2.24, 2.45) is 33.3 Å². The fraction of sp³-hybridized carbons (Fsp3) is 0.667. The molecule has 0 spiro atoms. The van der Waals surface area contributed by atoms with Gasteiger partial charge in [-0.2, -0.15) is 0 Å². The first kappa shape index (κ1) is 31.5. The van der Waals surface area contributed by atoms with Gasteiger partial charge in [-0.25, -0.2) is 9.59 Å². The molecule has 0 bridgehead atoms. The van der Waals surface area contributed by atoms with Crippen LogP contribution in [0.25, 0.3) is 0 Å². The summed E-state index contributed by atoms with van der Waals surface area (Å²) in [5.41, 5.74) is 11.9. The Kier molecular flexibility index (Phi) is 7.75. The van der Waals surface area contributed by atoms with Crippen molar-refractivity contribution in [3.05, 3.63) is 46.7 Å². The Bertz CT molecular complexity index is 1380. The maximum atomic E-state index is 12.5. The molecule has 3 saturated carbocycles. The fourth-order valence-electron chi connectivity index (χ4n) is 9.64. The first-order chi connectivity index (χ1) is 20.1. The van der Waals surface area contributed by atoms with Gasteiger partial charge in [-0.1, -0.05) is 52.8 Å². The quantitative estimate of drug-likeness (QED) is 0.207. The summed E-state index contributed by atoms with van der Waals surface area (Å²) in [6.07, 6.45) is 9.28. The molecule has 4 aliphatic carbocycles. The summed E-state index contributed by atoms with van der Waals surface area (Å²) in [5, 5.41) is 0. The van der Waals surface area contributed by atoms with Gasteiger partial charge in [-0.3, -0.25) is 0 Å². The van der Waals surface area contributed by atoms with Crippen LogP contribution < -0.4 is 15.2 Å². The first-order valence-corrected chi connectivity index (χ1v) is 16.1. The number of benzene rings is 1. The summed E-state index contributed by atoms with van der Waals surface area (Å²) in [4.78, 5) is 24.9. The van der Waals surface area contributed by atoms with E-state index in [0.717, 1.165) is 60.9 Å². The minimum atomic E-state index is -0.830. The highest BCUT2D eigenvalue weighted by Gasteiger charge is 2.66. The van der Waals surface area contributed by atoms with Crippen molar-refractivity contribution in [3.63, 3.8) is 0 Å². The highest BCUT2D eigenvalue weighted by atomic mass is 16.7. The number of rotatable bonds is 5. The molecule has 0 heterocycles. The van der Waals surface area contributed by atoms with Crippen LogP contribution in [0.1, 0.15) is 110 Å². The van der Waals surface area contributed by atoms with Gasteiger partial charge in [0.2, 0.25) is 0 Å². The molecule has 2 N–H and O–H groups in total. The molecule has 1 aromatic rings. The second kappa shape index (κ2) is 10.6. The maximum absolute atomic E-state index is 12.5. The number of nitrogens with two attached hydrogens (primary N) is 1. The third-order valence-electron chi connectivity index (χ3n) is 12.7. The second-order valence-corrected chi connectivity index (χ2v) is 14.8. The van der Waals surface area contributed by atoms with Crippen molar-refractivity contribution in [2.45, 2.75) is 112 Å². The van der Waals surface area contributed by atoms with Crippen molar-refractivity contribution in [1.82, 2.24) is 0 Å². The number of hydrogen-bond donors (Lipinski definition) is 1. The van der Waals surface area contributed by atoms with Gasteiger partial charge >= 0.3 is 12.3 Å². The number of hydrogen-bond acceptors (Lipinski definition) is 7. The van der Waals surface area contributed by atoms with Crippen LogP contribution in [-0.2, 0) is 21.3 Å². The molecule has 7 nitrogen and oxygen atoms in total. The van der Waals surface area contributed by atoms with Crippen LogP contribution in [0.2, 0.25) is 0 Å². The van der Waals surface area contributed by atoms with E-state index >= 15 is 0 Å². The zero-order valence-corrected chi connectivity index (χ0v) is 27.5. The number of fused-ring (bicyclic) bond motifs is 7. The largest absolute Gasteiger partial charge is 0.513 e. The van der Waals surface area contributed by atoms with Crippen molar-refractivity contribution in [3.8, 4) is 11.5 Å². The molecular formula is C36H51NO6. The molecule has 0 amide bonds. The number of ether oxygens (including phenoxy) is 4. The SMILES string of the molecule is C=C(N)[C@]1(C)CC[C@]2(C)CC[C@]3(C)C4=CCc5c(cc(OC(=O)OCC)c(OC(=O)OCC)c5C)[C@]4(C)CC[C@@]3(C)[C@@H]2C1. The van der Waals surface area contributed by atoms with Gasteiger partial charge < -0.3 is 24.7 Å². The second-order valence-electron chi connectivity index (χ2n) is 14.8. The predicted molar refractivity (Wildman–Crippen MR) is 167 cm³/mol. The molecule has 0 radical (unpaired) electrons. The van der Waals surface area contributed by atoms with Crippen LogP contribution in [0.4, 0.5) is 9.59 Å². The van der Waals surface area contributed by atoms with Crippen molar-refractivity contribution in [1.29, 1.82) is 0 Å². The number of carbonyl (C=O) groups is 2. The third kappa shape index (κ3) is 4.67. The predicted octanol–water partition coefficient (Wildman–Crippen LogP) is 8.69. The average molecular weight is 594 g/mol. The van der Waals surface area contributed by atoms with E-state index in [1.165, 1.54) is 18.4 Å². The maximum Gasteiger partial charge on any atom is 0.513 e. The van der Waals surface area contributed by atoms with E-state index < -0.39 is 12.3 Å². The van der Waals surface area contributed by atoms with E-state index in [-0.39, 0.29) is 46.4 Å². The topological polar surface area (TPSA) is 97.1 Å². The lowest BCUT2D eigenvalue weighted by atomic mass is 9.34. The molecule has 3 fully saturated rings. The lowest BCUT2D eigenvalue weighted by Crippen LogP contribution is -2.62. The van der Waals surface area contributed by atoms with E-state index in [1.54, 1.807) is 13.8 Å². The molecule has 236 valence electrons. The van der Waals surface area contributed by atoms with Crippen LogP contribution in [0.3, 0.4) is 0 Å². The Hall–Kier alpha value is -2.96. The monoisotopic (exact) mass is 593 g/mol. The summed E-state index contributed by atoms with van der Waals surface area (Å²) in [7, 11) is 0. The van der Waals surface area contributed by atoms with Gasteiger partial charge in [-0.05, 0) is 117 Å². The first-order valence-electron chi connectivity index (χ1n) is 16.1. The highest BCUT2D eigenvalue weighted by molar-refractivity contribution is 5.72. The van der Waals surface area contributed by atoms with Gasteiger partial charge in [-0.15, -0.1) is 0 Å². The molecule has 1 aromatic carbocycles. The summed E-state index contributed by atoms with van der Waals surface area (Å²) in [6, 6.07) is 1.91. The Morgan fingerprint density at radius 1 is 0.930 bits per heavy atom. The molecule has 5 rings (SSSR count). The lowest BCUT2D eigenvalue weighted by Gasteiger charge is -2.70. The average Bonchev–Trinajstić information content (AvgIpc) is 2.94. The molecule has 6 atom stereocenters. The van der Waals surface area contributed by atoms with Gasteiger partial charge in [0.25, 0.3) is 0 Å². The van der Waals surface area contributed by atoms with Gasteiger partial charge in [0.15, 0.2) is 11.5 Å². The molecule has 4 aliphatic rings. The van der Waals surface area contributed by atoms with Crippen molar-refractivity contribution < 1.29 is 28.5 Å².